The smallest absolute Gasteiger partial charge is 0.340 e. The molecule has 0 amide bonds. The van der Waals surface area contributed by atoms with E-state index in [0.29, 0.717) is 5.56 Å². The summed E-state index contributed by atoms with van der Waals surface area (Å²) in [5.41, 5.74) is -9.03. The Hall–Kier alpha value is -5.46. The maximum Gasteiger partial charge on any atom is 0.340 e. The minimum absolute atomic E-state index is 0.00440. The average molecular weight is 854 g/mol. The topological polar surface area (TPSA) is 236 Å². The predicted octanol–water partition coefficient (Wildman–Crippen LogP) is 2.69. The molecule has 4 bridgehead atoms. The van der Waals surface area contributed by atoms with Crippen LogP contribution in [0.5, 0.6) is 0 Å². The van der Waals surface area contributed by atoms with E-state index in [1.54, 1.807) is 37.3 Å². The van der Waals surface area contributed by atoms with Gasteiger partial charge in [-0.2, -0.15) is 0 Å². The molecule has 330 valence electrons. The summed E-state index contributed by atoms with van der Waals surface area (Å²) in [5, 5.41) is 13.6. The van der Waals surface area contributed by atoms with Gasteiger partial charge in [0.05, 0.1) is 29.7 Å². The summed E-state index contributed by atoms with van der Waals surface area (Å²) < 4.78 is 56.3. The van der Waals surface area contributed by atoms with Gasteiger partial charge in [0.1, 0.15) is 48.1 Å². The molecule has 61 heavy (non-hydrogen) atoms. The average Bonchev–Trinajstić information content (AvgIpc) is 3.40. The second-order valence-electron chi connectivity index (χ2n) is 16.5. The van der Waals surface area contributed by atoms with Crippen LogP contribution in [-0.2, 0) is 78.0 Å². The van der Waals surface area contributed by atoms with Crippen LogP contribution < -0.4 is 0 Å². The number of nitrogens with zero attached hydrogens (tertiary/aromatic N) is 1. The van der Waals surface area contributed by atoms with Crippen LogP contribution in [0.15, 0.2) is 48.7 Å². The van der Waals surface area contributed by atoms with E-state index in [4.69, 9.17) is 42.6 Å². The molecule has 1 aromatic carbocycles. The standard InChI is InChI=1S/C43H51NO17/c1-21-22(2)38(50)60-35-33(56-24(4)46)37(59-27(7)49)42(20-54-23(3)45)36(58-26(6)48)32(53-18-28-14-11-10-12-15-28)30-34(57-25(5)47)43(42,41(35,9)52)61-40(30,8)19-55-39(51)29-16-13-17-44-31(21)29/h10-17,21-22,30,32-37,52H,18-20H2,1-9H3/t21?,22?,30-,32-,33+,34-,35+,36-,37+,40+,41+,42-,43+/m1/s1. The second-order valence-corrected chi connectivity index (χ2v) is 16.5. The Kier molecular flexibility index (Phi) is 12.4. The number of aliphatic hydroxyl groups is 1. The van der Waals surface area contributed by atoms with E-state index in [1.807, 2.05) is 0 Å². The van der Waals surface area contributed by atoms with Gasteiger partial charge in [-0.1, -0.05) is 44.2 Å². The van der Waals surface area contributed by atoms with Crippen LogP contribution in [0.2, 0.25) is 0 Å². The van der Waals surface area contributed by atoms with E-state index in [9.17, 15) is 38.7 Å². The zero-order valence-corrected chi connectivity index (χ0v) is 35.4. The third kappa shape index (κ3) is 7.62. The molecule has 2 aliphatic carbocycles. The molecule has 1 N–H and O–H groups in total. The lowest BCUT2D eigenvalue weighted by atomic mass is 9.45. The zero-order chi connectivity index (χ0) is 44.8. The highest BCUT2D eigenvalue weighted by Crippen LogP contribution is 2.70. The number of fused-ring (bicyclic) bond motifs is 5. The van der Waals surface area contributed by atoms with Crippen molar-refractivity contribution < 1.29 is 81.3 Å². The summed E-state index contributed by atoms with van der Waals surface area (Å²) in [7, 11) is 0. The number of hydrogen-bond donors (Lipinski definition) is 1. The van der Waals surface area contributed by atoms with Gasteiger partial charge in [-0.05, 0) is 31.5 Å². The van der Waals surface area contributed by atoms with Crippen molar-refractivity contribution in [2.75, 3.05) is 13.2 Å². The Labute approximate surface area is 351 Å². The fourth-order valence-corrected chi connectivity index (χ4v) is 9.88. The molecule has 6 rings (SSSR count). The number of esters is 7. The first-order valence-electron chi connectivity index (χ1n) is 19.9. The summed E-state index contributed by atoms with van der Waals surface area (Å²) in [4.78, 5) is 99.6. The molecule has 1 aromatic heterocycles. The monoisotopic (exact) mass is 853 g/mol. The molecule has 2 saturated carbocycles. The minimum atomic E-state index is -2.76. The lowest BCUT2D eigenvalue weighted by Gasteiger charge is -2.67. The molecule has 3 heterocycles. The number of rotatable bonds is 9. The molecule has 1 saturated heterocycles. The summed E-state index contributed by atoms with van der Waals surface area (Å²) in [6.07, 6.45) is -9.72. The van der Waals surface area contributed by atoms with Crippen LogP contribution in [0.1, 0.15) is 89.8 Å². The molecule has 0 radical (unpaired) electrons. The maximum atomic E-state index is 14.5. The Balaban J connectivity index is 1.78. The number of carbonyl (C=O) groups is 7. The van der Waals surface area contributed by atoms with E-state index >= 15 is 0 Å². The highest BCUT2D eigenvalue weighted by Gasteiger charge is 2.91. The van der Waals surface area contributed by atoms with Crippen LogP contribution in [0.4, 0.5) is 0 Å². The van der Waals surface area contributed by atoms with Crippen LogP contribution in [0.3, 0.4) is 0 Å². The van der Waals surface area contributed by atoms with Gasteiger partial charge >= 0.3 is 41.8 Å². The van der Waals surface area contributed by atoms with Gasteiger partial charge in [0.15, 0.2) is 23.9 Å². The SMILES string of the molecule is CC(=O)OC[C@]12[C@H](OC(C)=O)[C@H](OCc3ccccc3)[C@@H]3[C@@H](OC(C)=O)[C@@]14O[C@@]3(C)COC(=O)c1cccnc1C(C)C(C)C(=O)O[C@@H]([C@H](OC(C)=O)[C@@H]2OC(C)=O)[C@]4(C)O. The fourth-order valence-electron chi connectivity index (χ4n) is 9.88. The Bertz CT molecular complexity index is 2070. The number of hydrogen-bond acceptors (Lipinski definition) is 18. The summed E-state index contributed by atoms with van der Waals surface area (Å²) in [6, 6.07) is 11.7. The molecule has 18 nitrogen and oxygen atoms in total. The number of pyridine rings is 1. The van der Waals surface area contributed by atoms with E-state index in [-0.39, 0.29) is 17.9 Å². The quantitative estimate of drug-likeness (QED) is 0.282. The first kappa shape index (κ1) is 45.1. The predicted molar refractivity (Wildman–Crippen MR) is 205 cm³/mol. The molecule has 18 heteroatoms. The molecule has 2 aliphatic heterocycles. The molecule has 3 fully saturated rings. The molecular formula is C43H51NO17. The third-order valence-electron chi connectivity index (χ3n) is 12.4. The van der Waals surface area contributed by atoms with Crippen molar-refractivity contribution in [1.29, 1.82) is 0 Å². The van der Waals surface area contributed by atoms with Crippen LogP contribution >= 0.6 is 0 Å². The van der Waals surface area contributed by atoms with E-state index in [1.165, 1.54) is 32.2 Å². The van der Waals surface area contributed by atoms with Gasteiger partial charge in [0.2, 0.25) is 0 Å². The van der Waals surface area contributed by atoms with E-state index in [0.717, 1.165) is 41.5 Å². The Morgan fingerprint density at radius 3 is 1.95 bits per heavy atom. The van der Waals surface area contributed by atoms with Crippen molar-refractivity contribution in [3.63, 3.8) is 0 Å². The molecule has 4 aliphatic rings. The summed E-state index contributed by atoms with van der Waals surface area (Å²) >= 11 is 0. The van der Waals surface area contributed by atoms with Gasteiger partial charge in [0, 0.05) is 46.7 Å². The van der Waals surface area contributed by atoms with Crippen LogP contribution in [0.25, 0.3) is 0 Å². The van der Waals surface area contributed by atoms with E-state index < -0.39 is 132 Å². The number of aromatic nitrogens is 1. The summed E-state index contributed by atoms with van der Waals surface area (Å²) in [5.74, 6) is -10.0. The largest absolute Gasteiger partial charge is 0.465 e. The number of carbonyl (C=O) groups excluding carboxylic acids is 7. The van der Waals surface area contributed by atoms with E-state index in [2.05, 4.69) is 4.98 Å². The minimum Gasteiger partial charge on any atom is -0.465 e. The molecular weight excluding hydrogens is 802 g/mol. The summed E-state index contributed by atoms with van der Waals surface area (Å²) in [6.45, 7) is 9.20. The van der Waals surface area contributed by atoms with Crippen LogP contribution in [0, 0.1) is 17.3 Å². The van der Waals surface area contributed by atoms with Crippen LogP contribution in [-0.4, -0.2) is 119 Å². The highest BCUT2D eigenvalue weighted by molar-refractivity contribution is 5.91. The maximum absolute atomic E-state index is 14.5. The molecule has 13 atom stereocenters. The first-order valence-corrected chi connectivity index (χ1v) is 19.9. The van der Waals surface area contributed by atoms with Gasteiger partial charge in [-0.15, -0.1) is 0 Å². The van der Waals surface area contributed by atoms with Crippen molar-refractivity contribution in [2.45, 2.75) is 128 Å². The van der Waals surface area contributed by atoms with Gasteiger partial charge in [-0.3, -0.25) is 33.8 Å². The molecule has 2 unspecified atom stereocenters. The number of ether oxygens (including phenoxy) is 9. The van der Waals surface area contributed by atoms with Gasteiger partial charge in [-0.25, -0.2) is 4.79 Å². The first-order chi connectivity index (χ1) is 28.6. The fraction of sp³-hybridized carbons (Fsp3) is 0.581. The molecule has 2 aromatic rings. The zero-order valence-electron chi connectivity index (χ0n) is 35.4. The third-order valence-corrected chi connectivity index (χ3v) is 12.4. The second kappa shape index (κ2) is 16.8. The van der Waals surface area contributed by atoms with Crippen molar-refractivity contribution in [2.24, 2.45) is 17.3 Å². The van der Waals surface area contributed by atoms with Crippen molar-refractivity contribution >= 4 is 41.8 Å². The van der Waals surface area contributed by atoms with Gasteiger partial charge in [0.25, 0.3) is 0 Å². The Morgan fingerprint density at radius 1 is 0.770 bits per heavy atom. The van der Waals surface area contributed by atoms with Crippen molar-refractivity contribution in [3.8, 4) is 0 Å². The lowest BCUT2D eigenvalue weighted by Crippen LogP contribution is -2.89. The van der Waals surface area contributed by atoms with Crippen molar-refractivity contribution in [1.82, 2.24) is 4.98 Å². The van der Waals surface area contributed by atoms with Crippen molar-refractivity contribution in [3.05, 3.63) is 65.5 Å². The Morgan fingerprint density at radius 2 is 1.36 bits per heavy atom. The number of benzene rings is 1. The lowest BCUT2D eigenvalue weighted by molar-refractivity contribution is -0.388. The molecule has 1 spiro atoms. The van der Waals surface area contributed by atoms with Gasteiger partial charge < -0.3 is 47.7 Å². The normalized spacial score (nSPS) is 36.5. The highest BCUT2D eigenvalue weighted by atomic mass is 16.7. The number of cyclic esters (lactones) is 1.